The highest BCUT2D eigenvalue weighted by Crippen LogP contribution is 2.34. The smallest absolute Gasteiger partial charge is 0.329 e. The Labute approximate surface area is 338 Å². The summed E-state index contributed by atoms with van der Waals surface area (Å²) in [5.74, 6) is -0.702. The maximum absolute atomic E-state index is 12.9. The molecule has 0 saturated carbocycles. The summed E-state index contributed by atoms with van der Waals surface area (Å²) in [7, 11) is 0. The second-order valence-electron chi connectivity index (χ2n) is 13.9. The summed E-state index contributed by atoms with van der Waals surface area (Å²) in [6, 6.07) is 0. The number of ether oxygens (including phenoxy) is 2. The van der Waals surface area contributed by atoms with Crippen molar-refractivity contribution in [3.05, 3.63) is 0 Å². The van der Waals surface area contributed by atoms with E-state index in [4.69, 9.17) is 33.9 Å². The van der Waals surface area contributed by atoms with E-state index in [1.807, 2.05) is 0 Å². The first-order valence-electron chi connectivity index (χ1n) is 19.2. The molecule has 0 atom stereocenters. The highest BCUT2D eigenvalue weighted by molar-refractivity contribution is 8.48. The number of carbonyl (C=O) groups excluding carboxylic acids is 3. The van der Waals surface area contributed by atoms with Crippen LogP contribution in [-0.4, -0.2) is 57.1 Å². The van der Waals surface area contributed by atoms with E-state index in [9.17, 15) is 19.6 Å². The Morgan fingerprint density at radius 1 is 0.549 bits per heavy atom. The first-order valence-corrected chi connectivity index (χ1v) is 23.6. The van der Waals surface area contributed by atoms with Gasteiger partial charge in [-0.05, 0) is 52.0 Å². The van der Waals surface area contributed by atoms with Crippen LogP contribution in [0.5, 0.6) is 0 Å². The molecule has 0 bridgehead atoms. The van der Waals surface area contributed by atoms with Crippen molar-refractivity contribution >= 4 is 102 Å². The van der Waals surface area contributed by atoms with Crippen molar-refractivity contribution < 1.29 is 29.1 Å². The largest absolute Gasteiger partial charge is 0.408 e. The molecule has 0 spiro atoms. The summed E-state index contributed by atoms with van der Waals surface area (Å²) < 4.78 is 9.57. The second kappa shape index (κ2) is 32.0. The number of hydrogen-bond donors (Lipinski definition) is 1. The van der Waals surface area contributed by atoms with Gasteiger partial charge in [-0.1, -0.05) is 183 Å². The van der Waals surface area contributed by atoms with E-state index in [0.29, 0.717) is 7.06 Å². The average molecular weight is 826 g/mol. The number of rotatable bonds is 29. The molecule has 0 aromatic rings. The molecule has 0 aliphatic carbocycles. The molecule has 0 radical (unpaired) electrons. The van der Waals surface area contributed by atoms with Gasteiger partial charge in [-0.15, -0.1) is 23.5 Å². The van der Waals surface area contributed by atoms with Crippen molar-refractivity contribution in [1.29, 1.82) is 0 Å². The fourth-order valence-electron chi connectivity index (χ4n) is 4.89. The third-order valence-corrected chi connectivity index (χ3v) is 13.7. The van der Waals surface area contributed by atoms with Gasteiger partial charge >= 0.3 is 17.9 Å². The molecule has 7 nitrogen and oxygen atoms in total. The maximum atomic E-state index is 12.9. The molecule has 0 aliphatic heterocycles. The van der Waals surface area contributed by atoms with Gasteiger partial charge in [-0.2, -0.15) is 0 Å². The lowest BCUT2D eigenvalue weighted by molar-refractivity contribution is -0.161. The minimum atomic E-state index is -1.05. The van der Waals surface area contributed by atoms with Gasteiger partial charge < -0.3 is 14.7 Å². The maximum Gasteiger partial charge on any atom is 0.329 e. The summed E-state index contributed by atoms with van der Waals surface area (Å²) in [5, 5.41) is 12.5. The van der Waals surface area contributed by atoms with E-state index in [1.165, 1.54) is 139 Å². The Balaban J connectivity index is 4.32. The third-order valence-electron chi connectivity index (χ3n) is 8.17. The first kappa shape index (κ1) is 50.7. The molecular formula is C38H67NO6S6. The van der Waals surface area contributed by atoms with Gasteiger partial charge in [0.15, 0.2) is 0 Å². The molecule has 0 fully saturated rings. The molecule has 0 saturated heterocycles. The van der Waals surface area contributed by atoms with Crippen LogP contribution in [0.15, 0.2) is 5.16 Å². The summed E-state index contributed by atoms with van der Waals surface area (Å²) in [5.41, 5.74) is 0. The third kappa shape index (κ3) is 28.7. The van der Waals surface area contributed by atoms with Crippen LogP contribution in [0.25, 0.3) is 0 Å². The fourth-order valence-corrected chi connectivity index (χ4v) is 11.0. The first-order chi connectivity index (χ1) is 24.3. The molecule has 51 heavy (non-hydrogen) atoms. The Morgan fingerprint density at radius 3 is 1.24 bits per heavy atom. The Bertz CT molecular complexity index is 1040. The molecule has 0 aromatic heterocycles. The van der Waals surface area contributed by atoms with Crippen molar-refractivity contribution in [1.82, 2.24) is 0 Å². The molecule has 0 unspecified atom stereocenters. The molecular weight excluding hydrogens is 759 g/mol. The van der Waals surface area contributed by atoms with Crippen molar-refractivity contribution in [3.63, 3.8) is 0 Å². The Morgan fingerprint density at radius 2 is 0.882 bits per heavy atom. The standard InChI is InChI=1S/C38H67NO6S6/c1-7-9-11-13-15-17-19-21-23-25-29-48-35(46)50-37(3,4)33(41)44-31(39-43)27-28-32(40)45-34(42)38(5,6)51-36(47)49-30-26-24-22-20-18-16-14-12-10-8-2/h43H,7-30H2,1-6H3/b39-31-. The number of thioether (sulfide) groups is 4. The fraction of sp³-hybridized carbons (Fsp3) is 0.842. The van der Waals surface area contributed by atoms with Crippen molar-refractivity contribution in [3.8, 4) is 0 Å². The lowest BCUT2D eigenvalue weighted by Crippen LogP contribution is -2.34. The minimum Gasteiger partial charge on any atom is -0.408 e. The van der Waals surface area contributed by atoms with Crippen LogP contribution in [0.3, 0.4) is 0 Å². The quantitative estimate of drug-likeness (QED) is 0.0113. The number of hydrogen-bond acceptors (Lipinski definition) is 13. The number of esters is 3. The minimum absolute atomic E-state index is 0.215. The van der Waals surface area contributed by atoms with Crippen molar-refractivity contribution in [2.24, 2.45) is 5.16 Å². The zero-order chi connectivity index (χ0) is 38.4. The summed E-state index contributed by atoms with van der Waals surface area (Å²) in [6.45, 7) is 11.2. The van der Waals surface area contributed by atoms with Gasteiger partial charge in [0, 0.05) is 6.42 Å². The normalized spacial score (nSPS) is 12.2. The zero-order valence-electron chi connectivity index (χ0n) is 32.4. The number of nitrogens with zero attached hydrogens (tertiary/aromatic N) is 1. The number of oxime groups is 1. The van der Waals surface area contributed by atoms with Gasteiger partial charge in [0.2, 0.25) is 5.90 Å². The molecule has 0 rings (SSSR count). The van der Waals surface area contributed by atoms with Gasteiger partial charge in [0.1, 0.15) is 16.6 Å². The van der Waals surface area contributed by atoms with Crippen LogP contribution in [-0.2, 0) is 23.9 Å². The van der Waals surface area contributed by atoms with E-state index in [0.717, 1.165) is 24.3 Å². The van der Waals surface area contributed by atoms with Crippen LogP contribution in [0.1, 0.15) is 183 Å². The van der Waals surface area contributed by atoms with Crippen LogP contribution in [0.2, 0.25) is 0 Å². The number of thiocarbonyl (C=S) groups is 2. The highest BCUT2D eigenvalue weighted by atomic mass is 32.2. The van der Waals surface area contributed by atoms with E-state index in [2.05, 4.69) is 19.0 Å². The predicted octanol–water partition coefficient (Wildman–Crippen LogP) is 13.1. The number of carbonyl (C=O) groups is 3. The SMILES string of the molecule is CCCCCCCCCCCCSC(=S)SC(C)(C)C(=O)OC(=O)CC/C(=N/O)OC(=O)C(C)(C)SC(=S)SCCCCCCCCCCCC. The van der Waals surface area contributed by atoms with Gasteiger partial charge in [-0.3, -0.25) is 14.4 Å². The van der Waals surface area contributed by atoms with Gasteiger partial charge in [0.05, 0.1) is 6.42 Å². The number of unbranched alkanes of at least 4 members (excludes halogenated alkanes) is 18. The molecule has 13 heteroatoms. The van der Waals surface area contributed by atoms with E-state index >= 15 is 0 Å². The summed E-state index contributed by atoms with van der Waals surface area (Å²) in [6.07, 6.45) is 24.9. The van der Waals surface area contributed by atoms with Gasteiger partial charge in [0.25, 0.3) is 0 Å². The predicted molar refractivity (Wildman–Crippen MR) is 233 cm³/mol. The second-order valence-corrected chi connectivity index (χ2v) is 21.8. The lowest BCUT2D eigenvalue weighted by atomic mass is 10.1. The lowest BCUT2D eigenvalue weighted by Gasteiger charge is -2.22. The topological polar surface area (TPSA) is 102 Å². The molecule has 0 amide bonds. The van der Waals surface area contributed by atoms with Crippen molar-refractivity contribution in [2.45, 2.75) is 192 Å². The monoisotopic (exact) mass is 825 g/mol. The Hall–Kier alpha value is -0.340. The molecule has 296 valence electrons. The van der Waals surface area contributed by atoms with Crippen molar-refractivity contribution in [2.75, 3.05) is 11.5 Å². The average Bonchev–Trinajstić information content (AvgIpc) is 3.07. The van der Waals surface area contributed by atoms with Crippen LogP contribution in [0, 0.1) is 0 Å². The van der Waals surface area contributed by atoms with E-state index in [-0.39, 0.29) is 18.7 Å². The van der Waals surface area contributed by atoms with Crippen LogP contribution < -0.4 is 0 Å². The van der Waals surface area contributed by atoms with E-state index < -0.39 is 27.4 Å². The van der Waals surface area contributed by atoms with Crippen LogP contribution >= 0.6 is 71.5 Å². The molecule has 1 N–H and O–H groups in total. The summed E-state index contributed by atoms with van der Waals surface area (Å²) in [4.78, 5) is 38.1. The van der Waals surface area contributed by atoms with Gasteiger partial charge in [-0.25, -0.2) is 0 Å². The highest BCUT2D eigenvalue weighted by Gasteiger charge is 2.35. The summed E-state index contributed by atoms with van der Waals surface area (Å²) >= 11 is 16.5. The van der Waals surface area contributed by atoms with Crippen LogP contribution in [0.4, 0.5) is 0 Å². The molecule has 0 heterocycles. The zero-order valence-corrected chi connectivity index (χ0v) is 37.3. The molecule has 0 aliphatic rings. The van der Waals surface area contributed by atoms with E-state index in [1.54, 1.807) is 51.2 Å². The molecule has 0 aromatic carbocycles. The Kier molecular flexibility index (Phi) is 31.7.